The number of halogens is 2. The minimum Gasteiger partial charge on any atom is -0.291 e. The van der Waals surface area contributed by atoms with Crippen molar-refractivity contribution in [2.75, 3.05) is 6.54 Å². The molecular weight excluding hydrogens is 184 g/mol. The standard InChI is InChI=1S/C11H21F2N/c1-7(2)14-6-8(12)9(13)10(14)11(3,4)5/h7-10H,6H2,1-5H3/t8-,9-,10-/m0/s1. The summed E-state index contributed by atoms with van der Waals surface area (Å²) in [5, 5.41) is 0. The topological polar surface area (TPSA) is 3.24 Å². The molecule has 0 saturated carbocycles. The molecule has 1 rings (SSSR count). The summed E-state index contributed by atoms with van der Waals surface area (Å²) in [6.07, 6.45) is -2.65. The van der Waals surface area contributed by atoms with E-state index in [2.05, 4.69) is 0 Å². The zero-order valence-corrected chi connectivity index (χ0v) is 9.72. The number of hydrogen-bond donors (Lipinski definition) is 0. The van der Waals surface area contributed by atoms with Crippen molar-refractivity contribution in [2.45, 2.75) is 59.0 Å². The molecule has 0 aromatic carbocycles. The van der Waals surface area contributed by atoms with E-state index in [1.807, 2.05) is 39.5 Å². The lowest BCUT2D eigenvalue weighted by Crippen LogP contribution is -2.46. The van der Waals surface area contributed by atoms with E-state index in [1.54, 1.807) is 0 Å². The van der Waals surface area contributed by atoms with Crippen LogP contribution in [0.2, 0.25) is 0 Å². The number of alkyl halides is 2. The van der Waals surface area contributed by atoms with Gasteiger partial charge in [-0.25, -0.2) is 8.78 Å². The second-order valence-corrected chi connectivity index (χ2v) is 5.56. The SMILES string of the molecule is CC(C)N1C[C@H](F)[C@H](F)[C@H]1C(C)(C)C. The quantitative estimate of drug-likeness (QED) is 0.636. The largest absolute Gasteiger partial charge is 0.291 e. The summed E-state index contributed by atoms with van der Waals surface area (Å²) in [6.45, 7) is 10.1. The molecule has 0 radical (unpaired) electrons. The molecule has 0 aromatic heterocycles. The van der Waals surface area contributed by atoms with Gasteiger partial charge in [0.05, 0.1) is 0 Å². The molecule has 84 valence electrons. The van der Waals surface area contributed by atoms with Gasteiger partial charge < -0.3 is 0 Å². The Morgan fingerprint density at radius 1 is 1.21 bits per heavy atom. The highest BCUT2D eigenvalue weighted by Gasteiger charge is 2.48. The third-order valence-electron chi connectivity index (χ3n) is 2.94. The van der Waals surface area contributed by atoms with Crippen molar-refractivity contribution in [1.29, 1.82) is 0 Å². The summed E-state index contributed by atoms with van der Waals surface area (Å²) in [4.78, 5) is 1.94. The first kappa shape index (κ1) is 11.9. The fourth-order valence-corrected chi connectivity index (χ4v) is 2.30. The molecule has 3 atom stereocenters. The summed E-state index contributed by atoms with van der Waals surface area (Å²) >= 11 is 0. The van der Waals surface area contributed by atoms with E-state index >= 15 is 0 Å². The minimum atomic E-state index is -1.34. The fraction of sp³-hybridized carbons (Fsp3) is 1.00. The summed E-state index contributed by atoms with van der Waals surface area (Å²) in [6, 6.07) is -0.0873. The summed E-state index contributed by atoms with van der Waals surface area (Å²) in [5.74, 6) is 0. The van der Waals surface area contributed by atoms with Crippen molar-refractivity contribution < 1.29 is 8.78 Å². The van der Waals surface area contributed by atoms with E-state index in [0.717, 1.165) is 0 Å². The Balaban J connectivity index is 2.87. The Morgan fingerprint density at radius 2 is 1.71 bits per heavy atom. The van der Waals surface area contributed by atoms with Gasteiger partial charge in [0.15, 0.2) is 0 Å². The zero-order chi connectivity index (χ0) is 11.1. The minimum absolute atomic E-state index is 0.204. The molecule has 1 heterocycles. The van der Waals surface area contributed by atoms with E-state index < -0.39 is 12.3 Å². The number of nitrogens with zero attached hydrogens (tertiary/aromatic N) is 1. The van der Waals surface area contributed by atoms with E-state index in [-0.39, 0.29) is 24.0 Å². The predicted octanol–water partition coefficient (Wildman–Crippen LogP) is 2.80. The molecule has 14 heavy (non-hydrogen) atoms. The Kier molecular flexibility index (Phi) is 3.20. The average Bonchev–Trinajstić information content (AvgIpc) is 2.27. The van der Waals surface area contributed by atoms with Crippen molar-refractivity contribution in [3.8, 4) is 0 Å². The molecule has 0 aliphatic carbocycles. The van der Waals surface area contributed by atoms with E-state index in [9.17, 15) is 8.78 Å². The van der Waals surface area contributed by atoms with Crippen LogP contribution >= 0.6 is 0 Å². The Morgan fingerprint density at radius 3 is 2.00 bits per heavy atom. The Labute approximate surface area is 85.5 Å². The zero-order valence-electron chi connectivity index (χ0n) is 9.72. The molecule has 1 aliphatic heterocycles. The van der Waals surface area contributed by atoms with Crippen LogP contribution < -0.4 is 0 Å². The molecule has 0 N–H and O–H groups in total. The first-order valence-corrected chi connectivity index (χ1v) is 5.29. The van der Waals surface area contributed by atoms with Crippen molar-refractivity contribution in [2.24, 2.45) is 5.41 Å². The van der Waals surface area contributed by atoms with Crippen molar-refractivity contribution in [3.63, 3.8) is 0 Å². The van der Waals surface area contributed by atoms with Crippen molar-refractivity contribution >= 4 is 0 Å². The van der Waals surface area contributed by atoms with Gasteiger partial charge in [-0.15, -0.1) is 0 Å². The van der Waals surface area contributed by atoms with Crippen LogP contribution in [0, 0.1) is 5.41 Å². The van der Waals surface area contributed by atoms with Crippen molar-refractivity contribution in [3.05, 3.63) is 0 Å². The number of rotatable bonds is 1. The molecule has 0 aromatic rings. The fourth-order valence-electron chi connectivity index (χ4n) is 2.30. The van der Waals surface area contributed by atoms with Gasteiger partial charge in [0, 0.05) is 18.6 Å². The molecule has 0 spiro atoms. The van der Waals surface area contributed by atoms with Crippen LogP contribution in [0.3, 0.4) is 0 Å². The van der Waals surface area contributed by atoms with Gasteiger partial charge in [-0.1, -0.05) is 20.8 Å². The normalized spacial score (nSPS) is 35.6. The summed E-state index contributed by atoms with van der Waals surface area (Å²) < 4.78 is 27.0. The molecule has 0 unspecified atom stereocenters. The van der Waals surface area contributed by atoms with Crippen LogP contribution in [0.25, 0.3) is 0 Å². The molecule has 1 fully saturated rings. The molecule has 0 bridgehead atoms. The lowest BCUT2D eigenvalue weighted by atomic mass is 9.83. The Hall–Kier alpha value is -0.180. The molecule has 1 aliphatic rings. The lowest BCUT2D eigenvalue weighted by molar-refractivity contribution is 0.0660. The maximum atomic E-state index is 13.7. The van der Waals surface area contributed by atoms with Crippen LogP contribution in [-0.4, -0.2) is 35.9 Å². The van der Waals surface area contributed by atoms with Crippen LogP contribution in [0.15, 0.2) is 0 Å². The van der Waals surface area contributed by atoms with Gasteiger partial charge in [-0.3, -0.25) is 4.90 Å². The third kappa shape index (κ3) is 2.08. The summed E-state index contributed by atoms with van der Waals surface area (Å²) in [7, 11) is 0. The van der Waals surface area contributed by atoms with E-state index in [4.69, 9.17) is 0 Å². The van der Waals surface area contributed by atoms with E-state index in [1.165, 1.54) is 0 Å². The van der Waals surface area contributed by atoms with Crippen LogP contribution in [0.1, 0.15) is 34.6 Å². The van der Waals surface area contributed by atoms with Gasteiger partial charge >= 0.3 is 0 Å². The number of hydrogen-bond acceptors (Lipinski definition) is 1. The summed E-state index contributed by atoms with van der Waals surface area (Å²) in [5.41, 5.74) is -0.204. The first-order chi connectivity index (χ1) is 6.25. The highest BCUT2D eigenvalue weighted by Crippen LogP contribution is 2.37. The van der Waals surface area contributed by atoms with Crippen LogP contribution in [-0.2, 0) is 0 Å². The molecule has 1 saturated heterocycles. The molecule has 1 nitrogen and oxygen atoms in total. The van der Waals surface area contributed by atoms with Gasteiger partial charge in [0.1, 0.15) is 12.3 Å². The van der Waals surface area contributed by atoms with Gasteiger partial charge in [0.25, 0.3) is 0 Å². The molecule has 0 amide bonds. The van der Waals surface area contributed by atoms with Gasteiger partial charge in [-0.05, 0) is 19.3 Å². The maximum absolute atomic E-state index is 13.7. The second-order valence-electron chi connectivity index (χ2n) is 5.56. The highest BCUT2D eigenvalue weighted by atomic mass is 19.2. The van der Waals surface area contributed by atoms with Crippen molar-refractivity contribution in [1.82, 2.24) is 4.90 Å². The molecular formula is C11H21F2N. The van der Waals surface area contributed by atoms with Gasteiger partial charge in [-0.2, -0.15) is 0 Å². The number of likely N-dealkylation sites (tertiary alicyclic amines) is 1. The third-order valence-corrected chi connectivity index (χ3v) is 2.94. The lowest BCUT2D eigenvalue weighted by Gasteiger charge is -2.37. The predicted molar refractivity (Wildman–Crippen MR) is 54.9 cm³/mol. The monoisotopic (exact) mass is 205 g/mol. The second kappa shape index (κ2) is 3.76. The molecule has 3 heteroatoms. The highest BCUT2D eigenvalue weighted by molar-refractivity contribution is 5.00. The average molecular weight is 205 g/mol. The maximum Gasteiger partial charge on any atom is 0.148 e. The Bertz CT molecular complexity index is 198. The smallest absolute Gasteiger partial charge is 0.148 e. The van der Waals surface area contributed by atoms with Gasteiger partial charge in [0.2, 0.25) is 0 Å². The van der Waals surface area contributed by atoms with Crippen LogP contribution in [0.4, 0.5) is 8.78 Å². The van der Waals surface area contributed by atoms with Crippen LogP contribution in [0.5, 0.6) is 0 Å². The van der Waals surface area contributed by atoms with E-state index in [0.29, 0.717) is 0 Å². The first-order valence-electron chi connectivity index (χ1n) is 5.29.